The van der Waals surface area contributed by atoms with Crippen molar-refractivity contribution in [1.82, 2.24) is 4.90 Å². The summed E-state index contributed by atoms with van der Waals surface area (Å²) in [5.74, 6) is -0.937. The highest BCUT2D eigenvalue weighted by atomic mass is 16.4. The topological polar surface area (TPSA) is 57.6 Å². The average Bonchev–Trinajstić information content (AvgIpc) is 1.87. The molecule has 1 N–H and O–H groups in total. The summed E-state index contributed by atoms with van der Waals surface area (Å²) in [5, 5.41) is 8.24. The number of carboxylic acids is 1. The average molecular weight is 175 g/mol. The van der Waals surface area contributed by atoms with E-state index in [4.69, 9.17) is 5.11 Å². The second-order valence-corrected chi connectivity index (χ2v) is 2.27. The number of rotatable bonds is 4. The summed E-state index contributed by atoms with van der Waals surface area (Å²) in [6.45, 7) is 5.55. The molecule has 12 heavy (non-hydrogen) atoms. The van der Waals surface area contributed by atoms with Crippen LogP contribution in [0.2, 0.25) is 0 Å². The van der Waals surface area contributed by atoms with Crippen LogP contribution < -0.4 is 0 Å². The van der Waals surface area contributed by atoms with Crippen molar-refractivity contribution in [3.8, 4) is 0 Å². The van der Waals surface area contributed by atoms with Gasteiger partial charge in [0.05, 0.1) is 13.1 Å². The van der Waals surface area contributed by atoms with Crippen LogP contribution in [-0.4, -0.2) is 41.9 Å². The number of nitrogens with zero attached hydrogens (tertiary/aromatic N) is 1. The lowest BCUT2D eigenvalue weighted by Crippen LogP contribution is -2.29. The number of carbonyl (C=O) groups is 2. The SMILES string of the molecule is CC.CC(=O)CN(C)CC(=O)O. The first-order chi connectivity index (χ1) is 5.52. The maximum Gasteiger partial charge on any atom is 0.317 e. The fourth-order valence-electron chi connectivity index (χ4n) is 0.667. The van der Waals surface area contributed by atoms with E-state index >= 15 is 0 Å². The van der Waals surface area contributed by atoms with Gasteiger partial charge in [0.25, 0.3) is 0 Å². The predicted octanol–water partition coefficient (Wildman–Crippen LogP) is 0.618. The molecule has 0 aliphatic rings. The van der Waals surface area contributed by atoms with Gasteiger partial charge in [-0.05, 0) is 14.0 Å². The largest absolute Gasteiger partial charge is 0.480 e. The lowest BCUT2D eigenvalue weighted by Gasteiger charge is -2.09. The summed E-state index contributed by atoms with van der Waals surface area (Å²) in [5.41, 5.74) is 0. The number of Topliss-reactive ketones (excluding diaryl/α,β-unsaturated/α-hetero) is 1. The van der Waals surface area contributed by atoms with Gasteiger partial charge in [-0.2, -0.15) is 0 Å². The standard InChI is InChI=1S/C6H11NO3.C2H6/c1-5(8)3-7(2)4-6(9)10;1-2/h3-4H2,1-2H3,(H,9,10);1-2H3. The first kappa shape index (κ1) is 13.7. The van der Waals surface area contributed by atoms with Crippen LogP contribution in [0.25, 0.3) is 0 Å². The monoisotopic (exact) mass is 175 g/mol. The minimum absolute atomic E-state index is 0.0243. The summed E-state index contributed by atoms with van der Waals surface area (Å²) in [6, 6.07) is 0. The number of aliphatic carboxylic acids is 1. The first-order valence-corrected chi connectivity index (χ1v) is 3.92. The van der Waals surface area contributed by atoms with Crippen molar-refractivity contribution in [3.05, 3.63) is 0 Å². The Bertz CT molecular complexity index is 129. The first-order valence-electron chi connectivity index (χ1n) is 3.92. The van der Waals surface area contributed by atoms with Gasteiger partial charge in [0.2, 0.25) is 0 Å². The molecule has 0 unspecified atom stereocenters. The molecule has 0 aromatic heterocycles. The number of likely N-dealkylation sites (N-methyl/N-ethyl adjacent to an activating group) is 1. The van der Waals surface area contributed by atoms with Crippen LogP contribution in [0.4, 0.5) is 0 Å². The Morgan fingerprint density at radius 3 is 1.92 bits per heavy atom. The van der Waals surface area contributed by atoms with Crippen LogP contribution >= 0.6 is 0 Å². The minimum Gasteiger partial charge on any atom is -0.480 e. The Balaban J connectivity index is 0. The van der Waals surface area contributed by atoms with E-state index < -0.39 is 5.97 Å². The highest BCUT2D eigenvalue weighted by Gasteiger charge is 2.04. The highest BCUT2D eigenvalue weighted by molar-refractivity contribution is 5.78. The van der Waals surface area contributed by atoms with E-state index in [1.165, 1.54) is 11.8 Å². The summed E-state index contributed by atoms with van der Waals surface area (Å²) < 4.78 is 0. The number of hydrogen-bond donors (Lipinski definition) is 1. The molecule has 0 spiro atoms. The smallest absolute Gasteiger partial charge is 0.317 e. The third-order valence-electron chi connectivity index (χ3n) is 0.898. The third kappa shape index (κ3) is 11.8. The van der Waals surface area contributed by atoms with E-state index in [-0.39, 0.29) is 18.9 Å². The van der Waals surface area contributed by atoms with Gasteiger partial charge < -0.3 is 5.11 Å². The van der Waals surface area contributed by atoms with Gasteiger partial charge in [0.15, 0.2) is 0 Å². The fourth-order valence-corrected chi connectivity index (χ4v) is 0.667. The summed E-state index contributed by atoms with van der Waals surface area (Å²) in [7, 11) is 1.59. The van der Waals surface area contributed by atoms with Crippen molar-refractivity contribution in [1.29, 1.82) is 0 Å². The van der Waals surface area contributed by atoms with Gasteiger partial charge in [-0.25, -0.2) is 0 Å². The lowest BCUT2D eigenvalue weighted by molar-refractivity contribution is -0.138. The molecule has 0 aromatic rings. The fraction of sp³-hybridized carbons (Fsp3) is 0.750. The van der Waals surface area contributed by atoms with E-state index in [9.17, 15) is 9.59 Å². The van der Waals surface area contributed by atoms with E-state index in [0.717, 1.165) is 0 Å². The third-order valence-corrected chi connectivity index (χ3v) is 0.898. The Morgan fingerprint density at radius 1 is 1.25 bits per heavy atom. The molecule has 0 rings (SSSR count). The molecule has 0 atom stereocenters. The van der Waals surface area contributed by atoms with E-state index in [0.29, 0.717) is 0 Å². The number of ketones is 1. The maximum atomic E-state index is 10.4. The molecule has 0 saturated heterocycles. The molecule has 0 aliphatic heterocycles. The van der Waals surface area contributed by atoms with Gasteiger partial charge in [0, 0.05) is 0 Å². The molecule has 4 nitrogen and oxygen atoms in total. The highest BCUT2D eigenvalue weighted by Crippen LogP contribution is 1.81. The second kappa shape index (κ2) is 8.20. The van der Waals surface area contributed by atoms with Crippen molar-refractivity contribution in [2.45, 2.75) is 20.8 Å². The summed E-state index contributed by atoms with van der Waals surface area (Å²) >= 11 is 0. The van der Waals surface area contributed by atoms with Crippen LogP contribution in [-0.2, 0) is 9.59 Å². The van der Waals surface area contributed by atoms with Crippen LogP contribution in [0, 0.1) is 0 Å². The van der Waals surface area contributed by atoms with Crippen molar-refractivity contribution in [2.24, 2.45) is 0 Å². The summed E-state index contributed by atoms with van der Waals surface area (Å²) in [6.07, 6.45) is 0. The molecule has 0 aliphatic carbocycles. The Labute approximate surface area is 73.2 Å². The van der Waals surface area contributed by atoms with Gasteiger partial charge in [-0.1, -0.05) is 13.8 Å². The molecular weight excluding hydrogens is 158 g/mol. The summed E-state index contributed by atoms with van der Waals surface area (Å²) in [4.78, 5) is 21.9. The van der Waals surface area contributed by atoms with Gasteiger partial charge in [0.1, 0.15) is 5.78 Å². The normalized spacial score (nSPS) is 8.75. The van der Waals surface area contributed by atoms with Crippen molar-refractivity contribution in [2.75, 3.05) is 20.1 Å². The second-order valence-electron chi connectivity index (χ2n) is 2.27. The van der Waals surface area contributed by atoms with Gasteiger partial charge >= 0.3 is 5.97 Å². The number of carboxylic acid groups (broad SMARTS) is 1. The van der Waals surface area contributed by atoms with Crippen LogP contribution in [0.1, 0.15) is 20.8 Å². The van der Waals surface area contributed by atoms with Crippen molar-refractivity contribution >= 4 is 11.8 Å². The van der Waals surface area contributed by atoms with Gasteiger partial charge in [-0.15, -0.1) is 0 Å². The number of carbonyl (C=O) groups excluding carboxylic acids is 1. The Morgan fingerprint density at radius 2 is 1.67 bits per heavy atom. The predicted molar refractivity (Wildman–Crippen MR) is 47.2 cm³/mol. The molecule has 0 fully saturated rings. The lowest BCUT2D eigenvalue weighted by atomic mass is 10.4. The van der Waals surface area contributed by atoms with E-state index in [1.807, 2.05) is 13.8 Å². The minimum atomic E-state index is -0.913. The molecule has 0 aromatic carbocycles. The van der Waals surface area contributed by atoms with E-state index in [2.05, 4.69) is 0 Å². The zero-order valence-electron chi connectivity index (χ0n) is 8.13. The van der Waals surface area contributed by atoms with Crippen LogP contribution in [0.5, 0.6) is 0 Å². The van der Waals surface area contributed by atoms with Crippen molar-refractivity contribution in [3.63, 3.8) is 0 Å². The van der Waals surface area contributed by atoms with Crippen LogP contribution in [0.15, 0.2) is 0 Å². The molecule has 0 amide bonds. The molecular formula is C8H17NO3. The Kier molecular flexibility index (Phi) is 9.34. The molecule has 0 saturated carbocycles. The van der Waals surface area contributed by atoms with Crippen molar-refractivity contribution < 1.29 is 14.7 Å². The quantitative estimate of drug-likeness (QED) is 0.680. The van der Waals surface area contributed by atoms with E-state index in [1.54, 1.807) is 7.05 Å². The molecule has 0 radical (unpaired) electrons. The number of hydrogen-bond acceptors (Lipinski definition) is 3. The molecule has 0 heterocycles. The van der Waals surface area contributed by atoms with Crippen LogP contribution in [0.3, 0.4) is 0 Å². The van der Waals surface area contributed by atoms with Gasteiger partial charge in [-0.3, -0.25) is 14.5 Å². The zero-order chi connectivity index (χ0) is 10.1. The molecule has 72 valence electrons. The molecule has 4 heteroatoms. The molecule has 0 bridgehead atoms. The zero-order valence-corrected chi connectivity index (χ0v) is 8.13. The maximum absolute atomic E-state index is 10.4. The Hall–Kier alpha value is -0.900.